The molecule has 1 rings (SSSR count). The largest absolute Gasteiger partial charge is 0.383 e. The molecule has 1 aromatic heterocycles. The van der Waals surface area contributed by atoms with Gasteiger partial charge >= 0.3 is 0 Å². The minimum atomic E-state index is 0.409. The summed E-state index contributed by atoms with van der Waals surface area (Å²) in [5, 5.41) is 3.39. The third kappa shape index (κ3) is 5.25. The molecule has 0 aliphatic rings. The number of methoxy groups -OCH3 is 1. The van der Waals surface area contributed by atoms with Crippen molar-refractivity contribution in [2.24, 2.45) is 0 Å². The third-order valence-corrected chi connectivity index (χ3v) is 3.88. The molecule has 4 nitrogen and oxygen atoms in total. The van der Waals surface area contributed by atoms with E-state index in [4.69, 9.17) is 4.74 Å². The SMILES string of the molecule is CCc1nsc(SCCNC(C)COC)n1. The van der Waals surface area contributed by atoms with Crippen molar-refractivity contribution >= 4 is 23.3 Å². The molecule has 92 valence electrons. The Balaban J connectivity index is 2.11. The third-order valence-electron chi connectivity index (χ3n) is 2.00. The highest BCUT2D eigenvalue weighted by Gasteiger charge is 2.03. The van der Waals surface area contributed by atoms with Crippen molar-refractivity contribution in [1.82, 2.24) is 14.7 Å². The molecule has 0 aliphatic heterocycles. The maximum atomic E-state index is 5.05. The molecule has 0 fully saturated rings. The van der Waals surface area contributed by atoms with Crippen LogP contribution in [0.5, 0.6) is 0 Å². The minimum Gasteiger partial charge on any atom is -0.383 e. The van der Waals surface area contributed by atoms with Gasteiger partial charge in [-0.15, -0.1) is 0 Å². The van der Waals surface area contributed by atoms with Crippen LogP contribution in [0.4, 0.5) is 0 Å². The molecule has 0 saturated heterocycles. The maximum absolute atomic E-state index is 5.05. The summed E-state index contributed by atoms with van der Waals surface area (Å²) in [4.78, 5) is 4.40. The summed E-state index contributed by atoms with van der Waals surface area (Å²) in [6.07, 6.45) is 0.917. The molecule has 1 unspecified atom stereocenters. The zero-order valence-electron chi connectivity index (χ0n) is 10.0. The van der Waals surface area contributed by atoms with E-state index in [1.165, 1.54) is 11.5 Å². The van der Waals surface area contributed by atoms with Gasteiger partial charge in [0.25, 0.3) is 0 Å². The first kappa shape index (κ1) is 13.9. The van der Waals surface area contributed by atoms with Gasteiger partial charge in [-0.25, -0.2) is 4.98 Å². The number of rotatable bonds is 8. The summed E-state index contributed by atoms with van der Waals surface area (Å²) in [5.74, 6) is 1.97. The number of aromatic nitrogens is 2. The molecule has 1 aromatic rings. The molecular formula is C10H19N3OS2. The molecule has 0 aliphatic carbocycles. The lowest BCUT2D eigenvalue weighted by Crippen LogP contribution is -2.31. The van der Waals surface area contributed by atoms with E-state index in [2.05, 4.69) is 28.5 Å². The van der Waals surface area contributed by atoms with Gasteiger partial charge in [0.2, 0.25) is 0 Å². The van der Waals surface area contributed by atoms with E-state index in [1.807, 2.05) is 0 Å². The van der Waals surface area contributed by atoms with Crippen LogP contribution in [0.2, 0.25) is 0 Å². The van der Waals surface area contributed by atoms with E-state index in [0.717, 1.165) is 35.5 Å². The fraction of sp³-hybridized carbons (Fsp3) is 0.800. The predicted molar refractivity (Wildman–Crippen MR) is 69.4 cm³/mol. The molecule has 6 heteroatoms. The first-order chi connectivity index (χ1) is 7.76. The average Bonchev–Trinajstić information content (AvgIpc) is 2.73. The molecule has 0 bridgehead atoms. The van der Waals surface area contributed by atoms with Gasteiger partial charge in [0.1, 0.15) is 5.82 Å². The molecule has 1 heterocycles. The Morgan fingerprint density at radius 3 is 3.00 bits per heavy atom. The van der Waals surface area contributed by atoms with Crippen LogP contribution >= 0.6 is 23.3 Å². The van der Waals surface area contributed by atoms with Gasteiger partial charge in [-0.05, 0) is 18.5 Å². The summed E-state index contributed by atoms with van der Waals surface area (Å²) in [6, 6.07) is 0.409. The maximum Gasteiger partial charge on any atom is 0.170 e. The minimum absolute atomic E-state index is 0.409. The highest BCUT2D eigenvalue weighted by atomic mass is 32.2. The first-order valence-electron chi connectivity index (χ1n) is 5.44. The predicted octanol–water partition coefficient (Wildman–Crippen LogP) is 1.82. The molecule has 0 radical (unpaired) electrons. The molecule has 0 aromatic carbocycles. The molecule has 0 saturated carbocycles. The lowest BCUT2D eigenvalue weighted by Gasteiger charge is -2.11. The highest BCUT2D eigenvalue weighted by Crippen LogP contribution is 2.19. The Kier molecular flexibility index (Phi) is 6.95. The number of hydrogen-bond donors (Lipinski definition) is 1. The van der Waals surface area contributed by atoms with Crippen LogP contribution in [0.3, 0.4) is 0 Å². The van der Waals surface area contributed by atoms with Crippen molar-refractivity contribution in [2.75, 3.05) is 26.0 Å². The second kappa shape index (κ2) is 8.00. The Morgan fingerprint density at radius 2 is 2.38 bits per heavy atom. The summed E-state index contributed by atoms with van der Waals surface area (Å²) in [5.41, 5.74) is 0. The molecular weight excluding hydrogens is 242 g/mol. The van der Waals surface area contributed by atoms with Gasteiger partial charge in [-0.1, -0.05) is 18.7 Å². The van der Waals surface area contributed by atoms with Crippen LogP contribution in [-0.4, -0.2) is 41.4 Å². The van der Waals surface area contributed by atoms with Gasteiger partial charge in [-0.2, -0.15) is 4.37 Å². The number of thioether (sulfide) groups is 1. The van der Waals surface area contributed by atoms with Gasteiger partial charge in [0.15, 0.2) is 4.34 Å². The van der Waals surface area contributed by atoms with Gasteiger partial charge in [0.05, 0.1) is 6.61 Å². The fourth-order valence-electron chi connectivity index (χ4n) is 1.19. The number of hydrogen-bond acceptors (Lipinski definition) is 6. The quantitative estimate of drug-likeness (QED) is 0.571. The summed E-state index contributed by atoms with van der Waals surface area (Å²) in [6.45, 7) is 5.92. The van der Waals surface area contributed by atoms with E-state index in [1.54, 1.807) is 18.9 Å². The zero-order chi connectivity index (χ0) is 11.8. The van der Waals surface area contributed by atoms with Crippen LogP contribution < -0.4 is 5.32 Å². The highest BCUT2D eigenvalue weighted by molar-refractivity contribution is 8.00. The smallest absolute Gasteiger partial charge is 0.170 e. The molecule has 0 spiro atoms. The van der Waals surface area contributed by atoms with E-state index < -0.39 is 0 Å². The summed E-state index contributed by atoms with van der Waals surface area (Å²) >= 11 is 3.25. The van der Waals surface area contributed by atoms with Crippen molar-refractivity contribution in [3.05, 3.63) is 5.82 Å². The fourth-order valence-corrected chi connectivity index (χ4v) is 2.83. The number of ether oxygens (including phenoxy) is 1. The zero-order valence-corrected chi connectivity index (χ0v) is 11.7. The van der Waals surface area contributed by atoms with Crippen molar-refractivity contribution in [2.45, 2.75) is 30.6 Å². The van der Waals surface area contributed by atoms with Gasteiger partial charge in [0, 0.05) is 31.9 Å². The Bertz CT molecular complexity index is 293. The van der Waals surface area contributed by atoms with Crippen molar-refractivity contribution in [3.8, 4) is 0 Å². The van der Waals surface area contributed by atoms with Crippen LogP contribution in [-0.2, 0) is 11.2 Å². The van der Waals surface area contributed by atoms with Crippen LogP contribution in [0.15, 0.2) is 4.34 Å². The lowest BCUT2D eigenvalue weighted by molar-refractivity contribution is 0.173. The van der Waals surface area contributed by atoms with E-state index in [9.17, 15) is 0 Å². The monoisotopic (exact) mass is 261 g/mol. The van der Waals surface area contributed by atoms with Crippen LogP contribution in [0.25, 0.3) is 0 Å². The second-order valence-corrected chi connectivity index (χ2v) is 5.58. The van der Waals surface area contributed by atoms with E-state index in [-0.39, 0.29) is 0 Å². The molecule has 0 amide bonds. The topological polar surface area (TPSA) is 47.0 Å². The first-order valence-corrected chi connectivity index (χ1v) is 7.19. The normalized spacial score (nSPS) is 12.9. The number of nitrogens with zero attached hydrogens (tertiary/aromatic N) is 2. The molecule has 1 N–H and O–H groups in total. The van der Waals surface area contributed by atoms with Crippen molar-refractivity contribution in [1.29, 1.82) is 0 Å². The van der Waals surface area contributed by atoms with Crippen LogP contribution in [0, 0.1) is 0 Å². The number of nitrogens with one attached hydrogen (secondary N) is 1. The molecule has 1 atom stereocenters. The van der Waals surface area contributed by atoms with E-state index in [0.29, 0.717) is 6.04 Å². The van der Waals surface area contributed by atoms with E-state index >= 15 is 0 Å². The molecule has 16 heavy (non-hydrogen) atoms. The summed E-state index contributed by atoms with van der Waals surface area (Å²) < 4.78 is 10.4. The Hall–Kier alpha value is -0.170. The second-order valence-electron chi connectivity index (χ2n) is 3.49. The Labute approximate surface area is 105 Å². The summed E-state index contributed by atoms with van der Waals surface area (Å²) in [7, 11) is 1.72. The standard InChI is InChI=1S/C10H19N3OS2/c1-4-9-12-10(16-13-9)15-6-5-11-8(2)7-14-3/h8,11H,4-7H2,1-3H3. The lowest BCUT2D eigenvalue weighted by atomic mass is 10.4. The Morgan fingerprint density at radius 1 is 1.56 bits per heavy atom. The van der Waals surface area contributed by atoms with Gasteiger partial charge < -0.3 is 10.1 Å². The number of aryl methyl sites for hydroxylation is 1. The van der Waals surface area contributed by atoms with Crippen molar-refractivity contribution in [3.63, 3.8) is 0 Å². The van der Waals surface area contributed by atoms with Crippen molar-refractivity contribution < 1.29 is 4.74 Å². The van der Waals surface area contributed by atoms with Gasteiger partial charge in [-0.3, -0.25) is 0 Å². The average molecular weight is 261 g/mol. The van der Waals surface area contributed by atoms with Crippen LogP contribution in [0.1, 0.15) is 19.7 Å².